The van der Waals surface area contributed by atoms with Crippen LogP contribution >= 0.6 is 0 Å². The Morgan fingerprint density at radius 3 is 2.26 bits per heavy atom. The van der Waals surface area contributed by atoms with Crippen LogP contribution in [-0.4, -0.2) is 47.5 Å². The van der Waals surface area contributed by atoms with Crippen LogP contribution in [0.25, 0.3) is 0 Å². The maximum Gasteiger partial charge on any atom is 0.270 e. The smallest absolute Gasteiger partial charge is 0.270 e. The van der Waals surface area contributed by atoms with Gasteiger partial charge in [-0.05, 0) is 42.2 Å². The molecular weight excluding hydrogens is 470 g/mol. The standard InChI is InChI=1S/C25H21N3O6S/c1-16-10-11-18(28(31)32)14-23(16)35(33,34)27-13-12-17-6-2-3-7-19(17)22(27)15-26-24(29)20-8-4-5-9-21(20)25(26)30/h2-11,14,22H,12-13,15H2,1H3/t22-/m1/s1. The van der Waals surface area contributed by atoms with Gasteiger partial charge in [-0.3, -0.25) is 24.6 Å². The average Bonchev–Trinajstić information content (AvgIpc) is 3.09. The zero-order chi connectivity index (χ0) is 24.9. The summed E-state index contributed by atoms with van der Waals surface area (Å²) in [6, 6.07) is 16.7. The van der Waals surface area contributed by atoms with Gasteiger partial charge in [0.05, 0.1) is 33.5 Å². The molecule has 3 aromatic rings. The maximum absolute atomic E-state index is 13.9. The molecule has 5 rings (SSSR count). The number of fused-ring (bicyclic) bond motifs is 2. The minimum atomic E-state index is -4.21. The number of hydrogen-bond acceptors (Lipinski definition) is 6. The third-order valence-electron chi connectivity index (χ3n) is 6.57. The number of nitrogens with zero attached hydrogens (tertiary/aromatic N) is 3. The number of amides is 2. The number of imide groups is 1. The van der Waals surface area contributed by atoms with E-state index in [1.165, 1.54) is 16.4 Å². The van der Waals surface area contributed by atoms with Crippen molar-refractivity contribution >= 4 is 27.5 Å². The predicted molar refractivity (Wildman–Crippen MR) is 126 cm³/mol. The van der Waals surface area contributed by atoms with Crippen LogP contribution in [0.1, 0.15) is 43.4 Å². The normalized spacial score (nSPS) is 17.9. The molecule has 178 valence electrons. The highest BCUT2D eigenvalue weighted by atomic mass is 32.2. The molecule has 0 unspecified atom stereocenters. The lowest BCUT2D eigenvalue weighted by Crippen LogP contribution is -2.46. The van der Waals surface area contributed by atoms with Gasteiger partial charge >= 0.3 is 0 Å². The number of aryl methyl sites for hydroxylation is 1. The molecule has 0 aromatic heterocycles. The molecule has 3 aromatic carbocycles. The first-order chi connectivity index (χ1) is 16.7. The summed E-state index contributed by atoms with van der Waals surface area (Å²) in [6.45, 7) is 1.51. The molecule has 0 radical (unpaired) electrons. The number of carbonyl (C=O) groups is 2. The minimum absolute atomic E-state index is 0.106. The fourth-order valence-corrected chi connectivity index (χ4v) is 6.63. The monoisotopic (exact) mass is 491 g/mol. The van der Waals surface area contributed by atoms with E-state index in [4.69, 9.17) is 0 Å². The van der Waals surface area contributed by atoms with E-state index in [1.54, 1.807) is 43.3 Å². The number of nitro benzene ring substituents is 1. The van der Waals surface area contributed by atoms with Crippen LogP contribution in [-0.2, 0) is 16.4 Å². The Balaban J connectivity index is 1.59. The van der Waals surface area contributed by atoms with E-state index in [9.17, 15) is 28.1 Å². The first-order valence-corrected chi connectivity index (χ1v) is 12.4. The second kappa shape index (κ2) is 8.40. The quantitative estimate of drug-likeness (QED) is 0.306. The van der Waals surface area contributed by atoms with Crippen molar-refractivity contribution in [2.24, 2.45) is 0 Å². The molecule has 2 aliphatic heterocycles. The summed E-state index contributed by atoms with van der Waals surface area (Å²) in [4.78, 5) is 37.7. The van der Waals surface area contributed by atoms with Gasteiger partial charge in [0.1, 0.15) is 0 Å². The van der Waals surface area contributed by atoms with Crippen molar-refractivity contribution in [3.63, 3.8) is 0 Å². The zero-order valence-electron chi connectivity index (χ0n) is 18.7. The Hall–Kier alpha value is -3.89. The summed E-state index contributed by atoms with van der Waals surface area (Å²) < 4.78 is 29.0. The first-order valence-electron chi connectivity index (χ1n) is 11.0. The third kappa shape index (κ3) is 3.71. The van der Waals surface area contributed by atoms with Crippen LogP contribution in [0.15, 0.2) is 71.6 Å². The first kappa shape index (κ1) is 22.9. The Labute approximate surface area is 201 Å². The highest BCUT2D eigenvalue weighted by Crippen LogP contribution is 2.37. The number of rotatable bonds is 5. The number of sulfonamides is 1. The number of non-ortho nitro benzene ring substituents is 1. The summed E-state index contributed by atoms with van der Waals surface area (Å²) >= 11 is 0. The van der Waals surface area contributed by atoms with Crippen molar-refractivity contribution in [2.45, 2.75) is 24.3 Å². The van der Waals surface area contributed by atoms with E-state index in [0.29, 0.717) is 17.5 Å². The Morgan fingerprint density at radius 2 is 1.60 bits per heavy atom. The van der Waals surface area contributed by atoms with Gasteiger partial charge in [-0.1, -0.05) is 42.5 Å². The Kier molecular flexibility index (Phi) is 5.49. The number of nitro groups is 1. The molecule has 2 heterocycles. The predicted octanol–water partition coefficient (Wildman–Crippen LogP) is 3.49. The minimum Gasteiger partial charge on any atom is -0.272 e. The van der Waals surface area contributed by atoms with Crippen molar-refractivity contribution in [2.75, 3.05) is 13.1 Å². The van der Waals surface area contributed by atoms with Crippen LogP contribution in [0, 0.1) is 17.0 Å². The maximum atomic E-state index is 13.9. The van der Waals surface area contributed by atoms with Gasteiger partial charge in [0.2, 0.25) is 10.0 Å². The SMILES string of the molecule is Cc1ccc([N+](=O)[O-])cc1S(=O)(=O)N1CCc2ccccc2[C@H]1CN1C(=O)c2ccccc2C1=O. The summed E-state index contributed by atoms with van der Waals surface area (Å²) in [6.07, 6.45) is 0.433. The molecule has 35 heavy (non-hydrogen) atoms. The number of carbonyl (C=O) groups excluding carboxylic acids is 2. The fourth-order valence-electron chi connectivity index (χ4n) is 4.79. The average molecular weight is 492 g/mol. The van der Waals surface area contributed by atoms with Gasteiger partial charge in [0, 0.05) is 18.7 Å². The molecular formula is C25H21N3O6S. The summed E-state index contributed by atoms with van der Waals surface area (Å²) in [7, 11) is -4.21. The topological polar surface area (TPSA) is 118 Å². The molecule has 0 fully saturated rings. The molecule has 0 N–H and O–H groups in total. The van der Waals surface area contributed by atoms with Gasteiger partial charge in [-0.2, -0.15) is 4.31 Å². The van der Waals surface area contributed by atoms with Gasteiger partial charge < -0.3 is 0 Å². The number of benzene rings is 3. The van der Waals surface area contributed by atoms with Gasteiger partial charge in [0.15, 0.2) is 0 Å². The van der Waals surface area contributed by atoms with Crippen molar-refractivity contribution in [3.05, 3.63) is 105 Å². The lowest BCUT2D eigenvalue weighted by Gasteiger charge is -2.38. The molecule has 0 spiro atoms. The summed E-state index contributed by atoms with van der Waals surface area (Å²) in [5.41, 5.74) is 2.23. The Bertz CT molecular complexity index is 1470. The van der Waals surface area contributed by atoms with E-state index in [-0.39, 0.29) is 34.8 Å². The van der Waals surface area contributed by atoms with Crippen molar-refractivity contribution in [1.82, 2.24) is 9.21 Å². The lowest BCUT2D eigenvalue weighted by molar-refractivity contribution is -0.385. The molecule has 0 bridgehead atoms. The molecule has 1 atom stereocenters. The number of hydrogen-bond donors (Lipinski definition) is 0. The molecule has 10 heteroatoms. The fraction of sp³-hybridized carbons (Fsp3) is 0.200. The molecule has 0 saturated carbocycles. The summed E-state index contributed by atoms with van der Waals surface area (Å²) in [5, 5.41) is 11.3. The highest BCUT2D eigenvalue weighted by Gasteiger charge is 2.43. The van der Waals surface area contributed by atoms with Crippen molar-refractivity contribution < 1.29 is 22.9 Å². The van der Waals surface area contributed by atoms with E-state index < -0.39 is 32.8 Å². The van der Waals surface area contributed by atoms with Crippen LogP contribution in [0.3, 0.4) is 0 Å². The molecule has 0 aliphatic carbocycles. The largest absolute Gasteiger partial charge is 0.272 e. The van der Waals surface area contributed by atoms with E-state index >= 15 is 0 Å². The van der Waals surface area contributed by atoms with Gasteiger partial charge in [-0.25, -0.2) is 8.42 Å². The van der Waals surface area contributed by atoms with E-state index in [2.05, 4.69) is 0 Å². The lowest BCUT2D eigenvalue weighted by atomic mass is 9.94. The summed E-state index contributed by atoms with van der Waals surface area (Å²) in [5.74, 6) is -0.949. The van der Waals surface area contributed by atoms with Gasteiger partial charge in [-0.15, -0.1) is 0 Å². The highest BCUT2D eigenvalue weighted by molar-refractivity contribution is 7.89. The van der Waals surface area contributed by atoms with Crippen molar-refractivity contribution in [3.8, 4) is 0 Å². The third-order valence-corrected chi connectivity index (χ3v) is 8.62. The Morgan fingerprint density at radius 1 is 0.971 bits per heavy atom. The molecule has 9 nitrogen and oxygen atoms in total. The molecule has 2 amide bonds. The van der Waals surface area contributed by atoms with Crippen LogP contribution in [0.2, 0.25) is 0 Å². The van der Waals surface area contributed by atoms with E-state index in [1.807, 2.05) is 12.1 Å². The van der Waals surface area contributed by atoms with Crippen molar-refractivity contribution in [1.29, 1.82) is 0 Å². The van der Waals surface area contributed by atoms with Crippen LogP contribution in [0.4, 0.5) is 5.69 Å². The van der Waals surface area contributed by atoms with E-state index in [0.717, 1.165) is 16.5 Å². The molecule has 0 saturated heterocycles. The zero-order valence-corrected chi connectivity index (χ0v) is 19.6. The van der Waals surface area contributed by atoms with Crippen LogP contribution in [0.5, 0.6) is 0 Å². The van der Waals surface area contributed by atoms with Gasteiger partial charge in [0.25, 0.3) is 17.5 Å². The second-order valence-corrected chi connectivity index (χ2v) is 10.4. The van der Waals surface area contributed by atoms with Crippen LogP contribution < -0.4 is 0 Å². The molecule has 2 aliphatic rings. The second-order valence-electron chi connectivity index (χ2n) is 8.55.